The Hall–Kier alpha value is -1.00. The second kappa shape index (κ2) is 5.33. The maximum absolute atomic E-state index is 13.8. The molecule has 0 bridgehead atoms. The van der Waals surface area contributed by atoms with Crippen LogP contribution >= 0.6 is 27.5 Å². The van der Waals surface area contributed by atoms with Gasteiger partial charge in [0.2, 0.25) is 0 Å². The Morgan fingerprint density at radius 2 is 1.94 bits per heavy atom. The Morgan fingerprint density at radius 3 is 2.61 bits per heavy atom. The Labute approximate surface area is 118 Å². The van der Waals surface area contributed by atoms with Crippen LogP contribution in [0.1, 0.15) is 25.6 Å². The largest absolute Gasteiger partial charge is 0.232 e. The summed E-state index contributed by atoms with van der Waals surface area (Å²) in [6.07, 6.45) is 0. The molecule has 0 aliphatic rings. The topological polar surface area (TPSA) is 25.8 Å². The number of rotatable bonds is 2. The van der Waals surface area contributed by atoms with E-state index in [2.05, 4.69) is 25.9 Å². The van der Waals surface area contributed by atoms with E-state index in [1.54, 1.807) is 18.2 Å². The highest BCUT2D eigenvalue weighted by Crippen LogP contribution is 2.27. The summed E-state index contributed by atoms with van der Waals surface area (Å²) in [5.74, 6) is 0.414. The minimum Gasteiger partial charge on any atom is -0.232 e. The molecule has 0 fully saturated rings. The molecule has 0 saturated heterocycles. The molecular formula is C13H11BrClFN2. The molecule has 2 rings (SSSR count). The van der Waals surface area contributed by atoms with E-state index in [1.807, 2.05) is 13.8 Å². The van der Waals surface area contributed by atoms with Gasteiger partial charge in [0.15, 0.2) is 0 Å². The molecule has 0 radical (unpaired) electrons. The molecule has 5 heteroatoms. The van der Waals surface area contributed by atoms with Crippen LogP contribution in [0.2, 0.25) is 5.15 Å². The van der Waals surface area contributed by atoms with Gasteiger partial charge in [-0.2, -0.15) is 0 Å². The summed E-state index contributed by atoms with van der Waals surface area (Å²) in [5, 5.41) is 0.322. The van der Waals surface area contributed by atoms with E-state index in [0.717, 1.165) is 4.47 Å². The van der Waals surface area contributed by atoms with Gasteiger partial charge in [-0.15, -0.1) is 0 Å². The lowest BCUT2D eigenvalue weighted by Gasteiger charge is -2.08. The van der Waals surface area contributed by atoms with Crippen molar-refractivity contribution in [2.24, 2.45) is 0 Å². The molecule has 0 N–H and O–H groups in total. The van der Waals surface area contributed by atoms with Crippen LogP contribution in [0.15, 0.2) is 28.7 Å². The summed E-state index contributed by atoms with van der Waals surface area (Å²) in [6.45, 7) is 3.93. The first-order valence-electron chi connectivity index (χ1n) is 5.47. The molecule has 1 aromatic heterocycles. The highest BCUT2D eigenvalue weighted by molar-refractivity contribution is 9.10. The lowest BCUT2D eigenvalue weighted by molar-refractivity contribution is 0.630. The molecule has 1 aromatic carbocycles. The molecule has 0 amide bonds. The summed E-state index contributed by atoms with van der Waals surface area (Å²) >= 11 is 9.27. The van der Waals surface area contributed by atoms with Crippen molar-refractivity contribution < 1.29 is 4.39 Å². The predicted molar refractivity (Wildman–Crippen MR) is 74.2 cm³/mol. The lowest BCUT2D eigenvalue weighted by atomic mass is 10.1. The Balaban J connectivity index is 2.60. The summed E-state index contributed by atoms with van der Waals surface area (Å²) in [7, 11) is 0. The predicted octanol–water partition coefficient (Wildman–Crippen LogP) is 4.82. The first-order chi connectivity index (χ1) is 8.47. The fourth-order valence-corrected chi connectivity index (χ4v) is 2.08. The Bertz CT molecular complexity index is 587. The summed E-state index contributed by atoms with van der Waals surface area (Å²) < 4.78 is 14.6. The van der Waals surface area contributed by atoms with Crippen LogP contribution in [-0.2, 0) is 0 Å². The maximum Gasteiger partial charge on any atom is 0.133 e. The van der Waals surface area contributed by atoms with Crippen molar-refractivity contribution >= 4 is 27.5 Å². The minimum absolute atomic E-state index is 0.137. The standard InChI is InChI=1S/C13H11BrClFN2/c1-7(2)13-17-11(6-12(15)18-13)9-5-8(14)3-4-10(9)16/h3-7H,1-2H3. The average Bonchev–Trinajstić information content (AvgIpc) is 2.31. The SMILES string of the molecule is CC(C)c1nc(Cl)cc(-c2cc(Br)ccc2F)n1. The van der Waals surface area contributed by atoms with Gasteiger partial charge in [0.1, 0.15) is 16.8 Å². The fourth-order valence-electron chi connectivity index (χ4n) is 1.53. The number of halogens is 3. The van der Waals surface area contributed by atoms with E-state index in [0.29, 0.717) is 22.2 Å². The highest BCUT2D eigenvalue weighted by atomic mass is 79.9. The number of aromatic nitrogens is 2. The summed E-state index contributed by atoms with van der Waals surface area (Å²) in [5.41, 5.74) is 0.910. The van der Waals surface area contributed by atoms with Gasteiger partial charge in [0.05, 0.1) is 5.69 Å². The smallest absolute Gasteiger partial charge is 0.133 e. The third-order valence-electron chi connectivity index (χ3n) is 2.43. The van der Waals surface area contributed by atoms with Gasteiger partial charge >= 0.3 is 0 Å². The number of nitrogens with zero attached hydrogens (tertiary/aromatic N) is 2. The van der Waals surface area contributed by atoms with E-state index < -0.39 is 0 Å². The molecular weight excluding hydrogens is 319 g/mol. The van der Waals surface area contributed by atoms with Gasteiger partial charge in [0.25, 0.3) is 0 Å². The van der Waals surface area contributed by atoms with Gasteiger partial charge in [-0.1, -0.05) is 41.4 Å². The van der Waals surface area contributed by atoms with Crippen LogP contribution in [0.25, 0.3) is 11.3 Å². The fraction of sp³-hybridized carbons (Fsp3) is 0.231. The zero-order valence-electron chi connectivity index (χ0n) is 9.92. The van der Waals surface area contributed by atoms with Gasteiger partial charge in [-0.3, -0.25) is 0 Å². The molecule has 0 aliphatic carbocycles. The molecule has 0 saturated carbocycles. The van der Waals surface area contributed by atoms with Crippen molar-refractivity contribution in [2.75, 3.05) is 0 Å². The molecule has 18 heavy (non-hydrogen) atoms. The van der Waals surface area contributed by atoms with Crippen LogP contribution in [0, 0.1) is 5.82 Å². The van der Waals surface area contributed by atoms with Crippen molar-refractivity contribution in [3.05, 3.63) is 45.5 Å². The zero-order valence-corrected chi connectivity index (χ0v) is 12.3. The van der Waals surface area contributed by atoms with E-state index in [9.17, 15) is 4.39 Å². The van der Waals surface area contributed by atoms with Crippen LogP contribution in [0.4, 0.5) is 4.39 Å². The first kappa shape index (κ1) is 13.4. The Kier molecular flexibility index (Phi) is 3.97. The van der Waals surface area contributed by atoms with Crippen LogP contribution < -0.4 is 0 Å². The minimum atomic E-state index is -0.331. The van der Waals surface area contributed by atoms with E-state index in [4.69, 9.17) is 11.6 Å². The Morgan fingerprint density at radius 1 is 1.22 bits per heavy atom. The van der Waals surface area contributed by atoms with Crippen molar-refractivity contribution in [3.63, 3.8) is 0 Å². The number of hydrogen-bond donors (Lipinski definition) is 0. The van der Waals surface area contributed by atoms with Crippen LogP contribution in [0.5, 0.6) is 0 Å². The second-order valence-electron chi connectivity index (χ2n) is 4.21. The molecule has 1 heterocycles. The molecule has 0 atom stereocenters. The molecule has 2 nitrogen and oxygen atoms in total. The van der Waals surface area contributed by atoms with Crippen molar-refractivity contribution in [1.29, 1.82) is 0 Å². The van der Waals surface area contributed by atoms with Gasteiger partial charge in [-0.25, -0.2) is 14.4 Å². The van der Waals surface area contributed by atoms with Crippen molar-refractivity contribution in [3.8, 4) is 11.3 Å². The third-order valence-corrected chi connectivity index (χ3v) is 3.12. The first-order valence-corrected chi connectivity index (χ1v) is 6.64. The quantitative estimate of drug-likeness (QED) is 0.738. The molecule has 0 aliphatic heterocycles. The van der Waals surface area contributed by atoms with Gasteiger partial charge in [-0.05, 0) is 18.2 Å². The van der Waals surface area contributed by atoms with Crippen molar-refractivity contribution in [1.82, 2.24) is 9.97 Å². The third kappa shape index (κ3) is 2.87. The molecule has 0 spiro atoms. The van der Waals surface area contributed by atoms with E-state index >= 15 is 0 Å². The van der Waals surface area contributed by atoms with Crippen LogP contribution in [-0.4, -0.2) is 9.97 Å². The highest BCUT2D eigenvalue weighted by Gasteiger charge is 2.12. The molecule has 0 unspecified atom stereocenters. The summed E-state index contributed by atoms with van der Waals surface area (Å²) in [4.78, 5) is 8.48. The van der Waals surface area contributed by atoms with E-state index in [-0.39, 0.29) is 11.7 Å². The summed E-state index contributed by atoms with van der Waals surface area (Å²) in [6, 6.07) is 6.28. The average molecular weight is 330 g/mol. The van der Waals surface area contributed by atoms with Gasteiger partial charge < -0.3 is 0 Å². The molecule has 2 aromatic rings. The lowest BCUT2D eigenvalue weighted by Crippen LogP contribution is -2.00. The normalized spacial score (nSPS) is 11.0. The van der Waals surface area contributed by atoms with Gasteiger partial charge in [0, 0.05) is 22.0 Å². The molecule has 94 valence electrons. The number of benzene rings is 1. The number of hydrogen-bond acceptors (Lipinski definition) is 2. The second-order valence-corrected chi connectivity index (χ2v) is 5.52. The zero-order chi connectivity index (χ0) is 13.3. The van der Waals surface area contributed by atoms with E-state index in [1.165, 1.54) is 6.07 Å². The maximum atomic E-state index is 13.8. The van der Waals surface area contributed by atoms with Crippen LogP contribution in [0.3, 0.4) is 0 Å². The van der Waals surface area contributed by atoms with Crippen molar-refractivity contribution in [2.45, 2.75) is 19.8 Å². The monoisotopic (exact) mass is 328 g/mol.